The molecule has 5 rings (SSSR count). The monoisotopic (exact) mass is 464 g/mol. The number of piperidine rings is 1. The zero-order chi connectivity index (χ0) is 23.0. The normalized spacial score (nSPS) is 13.3. The van der Waals surface area contributed by atoms with Crippen molar-refractivity contribution in [3.05, 3.63) is 60.9 Å². The Kier molecular flexibility index (Phi) is 7.36. The number of likely N-dealkylation sites (tertiary alicyclic amines) is 1. The summed E-state index contributed by atoms with van der Waals surface area (Å²) in [5.74, 6) is 2.18. The van der Waals surface area contributed by atoms with E-state index in [4.69, 9.17) is 22.1 Å². The van der Waals surface area contributed by atoms with Gasteiger partial charge < -0.3 is 15.4 Å². The van der Waals surface area contributed by atoms with Crippen molar-refractivity contribution in [3.8, 4) is 22.8 Å². The lowest BCUT2D eigenvalue weighted by atomic mass is 10.1. The number of amides is 1. The molecule has 0 saturated carbocycles. The summed E-state index contributed by atoms with van der Waals surface area (Å²) in [7, 11) is 0. The van der Waals surface area contributed by atoms with Crippen molar-refractivity contribution >= 4 is 34.4 Å². The van der Waals surface area contributed by atoms with Gasteiger partial charge in [0.15, 0.2) is 5.65 Å². The summed E-state index contributed by atoms with van der Waals surface area (Å²) in [6, 6.07) is 17.3. The number of aromatic amines is 1. The van der Waals surface area contributed by atoms with Gasteiger partial charge in [-0.3, -0.25) is 9.89 Å². The van der Waals surface area contributed by atoms with Crippen LogP contribution >= 0.6 is 11.6 Å². The lowest BCUT2D eigenvalue weighted by Gasteiger charge is -2.25. The minimum Gasteiger partial charge on any atom is -0.457 e. The van der Waals surface area contributed by atoms with Crippen LogP contribution in [0.25, 0.3) is 22.3 Å². The number of halogens is 1. The van der Waals surface area contributed by atoms with Crippen LogP contribution in [-0.4, -0.2) is 49.9 Å². The van der Waals surface area contributed by atoms with Crippen LogP contribution in [0.15, 0.2) is 60.9 Å². The van der Waals surface area contributed by atoms with E-state index in [1.54, 1.807) is 0 Å². The minimum atomic E-state index is 0.0846. The van der Waals surface area contributed by atoms with Gasteiger partial charge in [0.1, 0.15) is 29.5 Å². The molecule has 3 heterocycles. The second-order valence-corrected chi connectivity index (χ2v) is 7.84. The number of hydrogen-bond acceptors (Lipinski definition) is 6. The van der Waals surface area contributed by atoms with Gasteiger partial charge in [0.05, 0.1) is 11.1 Å². The van der Waals surface area contributed by atoms with Crippen molar-refractivity contribution in [1.29, 1.82) is 0 Å². The lowest BCUT2D eigenvalue weighted by Crippen LogP contribution is -2.36. The molecule has 170 valence electrons. The first-order valence-electron chi connectivity index (χ1n) is 10.8. The minimum absolute atomic E-state index is 0.0846. The number of ether oxygens (including phenoxy) is 1. The van der Waals surface area contributed by atoms with Crippen LogP contribution in [0.3, 0.4) is 0 Å². The molecule has 9 heteroatoms. The van der Waals surface area contributed by atoms with E-state index in [0.29, 0.717) is 11.5 Å². The van der Waals surface area contributed by atoms with Gasteiger partial charge in [-0.2, -0.15) is 5.10 Å². The van der Waals surface area contributed by atoms with E-state index in [-0.39, 0.29) is 11.8 Å². The number of para-hydroxylation sites is 1. The van der Waals surface area contributed by atoms with E-state index in [0.717, 1.165) is 54.1 Å². The fourth-order valence-corrected chi connectivity index (χ4v) is 3.80. The quantitative estimate of drug-likeness (QED) is 0.426. The van der Waals surface area contributed by atoms with E-state index >= 15 is 0 Å². The van der Waals surface area contributed by atoms with E-state index in [9.17, 15) is 4.79 Å². The number of nitrogens with two attached hydrogens (primary N) is 1. The molecule has 0 radical (unpaired) electrons. The maximum Gasteiger partial charge on any atom is 0.237 e. The number of rotatable bonds is 4. The number of benzene rings is 2. The lowest BCUT2D eigenvalue weighted by molar-refractivity contribution is -0.129. The Morgan fingerprint density at radius 2 is 1.70 bits per heavy atom. The third kappa shape index (κ3) is 5.59. The predicted molar refractivity (Wildman–Crippen MR) is 129 cm³/mol. The highest BCUT2D eigenvalue weighted by Gasteiger charge is 2.14. The number of carbonyl (C=O) groups excluding carboxylic acids is 1. The Bertz CT molecular complexity index is 1190. The highest BCUT2D eigenvalue weighted by molar-refractivity contribution is 6.27. The molecule has 0 spiro atoms. The molecule has 4 aromatic rings. The number of alkyl halides is 1. The summed E-state index contributed by atoms with van der Waals surface area (Å²) in [5.41, 5.74) is 8.22. The van der Waals surface area contributed by atoms with E-state index in [1.165, 1.54) is 12.7 Å². The van der Waals surface area contributed by atoms with Crippen molar-refractivity contribution in [3.63, 3.8) is 0 Å². The number of anilines is 1. The topological polar surface area (TPSA) is 110 Å². The van der Waals surface area contributed by atoms with Crippen molar-refractivity contribution in [1.82, 2.24) is 25.1 Å². The average Bonchev–Trinajstić information content (AvgIpc) is 3.31. The van der Waals surface area contributed by atoms with Crippen molar-refractivity contribution in [2.75, 3.05) is 24.7 Å². The van der Waals surface area contributed by atoms with Crippen LogP contribution in [0.1, 0.15) is 19.3 Å². The molecular formula is C24H25ClN6O2. The molecule has 1 aliphatic heterocycles. The van der Waals surface area contributed by atoms with Crippen LogP contribution in [0, 0.1) is 0 Å². The molecule has 33 heavy (non-hydrogen) atoms. The molecule has 0 atom stereocenters. The van der Waals surface area contributed by atoms with E-state index in [2.05, 4.69) is 20.2 Å². The number of H-pyrrole nitrogens is 1. The summed E-state index contributed by atoms with van der Waals surface area (Å²) >= 11 is 5.39. The Labute approximate surface area is 196 Å². The van der Waals surface area contributed by atoms with Crippen molar-refractivity contribution in [2.45, 2.75) is 19.3 Å². The molecule has 2 aromatic heterocycles. The molecule has 3 N–H and O–H groups in total. The van der Waals surface area contributed by atoms with Crippen molar-refractivity contribution in [2.24, 2.45) is 0 Å². The second kappa shape index (κ2) is 10.8. The fourth-order valence-electron chi connectivity index (χ4n) is 3.63. The Balaban J connectivity index is 0.000000219. The van der Waals surface area contributed by atoms with Gasteiger partial charge in [-0.1, -0.05) is 18.2 Å². The molecule has 1 saturated heterocycles. The average molecular weight is 465 g/mol. The molecule has 8 nitrogen and oxygen atoms in total. The van der Waals surface area contributed by atoms with Gasteiger partial charge in [0.2, 0.25) is 5.91 Å². The predicted octanol–water partition coefficient (Wildman–Crippen LogP) is 4.63. The maximum atomic E-state index is 11.0. The first kappa shape index (κ1) is 22.5. The van der Waals surface area contributed by atoms with E-state index < -0.39 is 0 Å². The van der Waals surface area contributed by atoms with Crippen LogP contribution in [0.4, 0.5) is 5.82 Å². The number of hydrogen-bond donors (Lipinski definition) is 2. The van der Waals surface area contributed by atoms with Gasteiger partial charge in [-0.15, -0.1) is 11.6 Å². The maximum absolute atomic E-state index is 11.0. The highest BCUT2D eigenvalue weighted by Crippen LogP contribution is 2.30. The highest BCUT2D eigenvalue weighted by atomic mass is 35.5. The SMILES string of the molecule is Nc1ncnc2n[nH]c(-c3ccc(Oc4ccccc4)cc3)c12.O=C(CCl)N1CCCCC1. The van der Waals surface area contributed by atoms with Gasteiger partial charge in [-0.25, -0.2) is 9.97 Å². The fraction of sp³-hybridized carbons (Fsp3) is 0.250. The summed E-state index contributed by atoms with van der Waals surface area (Å²) < 4.78 is 5.79. The first-order chi connectivity index (χ1) is 16.2. The molecule has 1 fully saturated rings. The largest absolute Gasteiger partial charge is 0.457 e. The van der Waals surface area contributed by atoms with Gasteiger partial charge in [0.25, 0.3) is 0 Å². The first-order valence-corrected chi connectivity index (χ1v) is 11.3. The number of carbonyl (C=O) groups is 1. The molecule has 0 aliphatic carbocycles. The smallest absolute Gasteiger partial charge is 0.237 e. The third-order valence-corrected chi connectivity index (χ3v) is 5.55. The summed E-state index contributed by atoms with van der Waals surface area (Å²) in [5, 5.41) is 7.85. The molecule has 0 unspecified atom stereocenters. The molecule has 0 bridgehead atoms. The standard InChI is InChI=1S/C17H13N5O.C7H12ClNO/c18-16-14-15(21-22-17(14)20-10-19-16)11-6-8-13(9-7-11)23-12-4-2-1-3-5-12;8-6-7(10)9-4-2-1-3-5-9/h1-10H,(H3,18,19,20,21,22);1-6H2. The number of nitrogen functional groups attached to an aromatic ring is 1. The van der Waals surface area contributed by atoms with Crippen molar-refractivity contribution < 1.29 is 9.53 Å². The molecule has 2 aromatic carbocycles. The third-order valence-electron chi connectivity index (χ3n) is 5.33. The van der Waals surface area contributed by atoms with Gasteiger partial charge in [0, 0.05) is 18.7 Å². The summed E-state index contributed by atoms with van der Waals surface area (Å²) in [4.78, 5) is 20.9. The van der Waals surface area contributed by atoms with Gasteiger partial charge >= 0.3 is 0 Å². The number of nitrogens with one attached hydrogen (secondary N) is 1. The second-order valence-electron chi connectivity index (χ2n) is 7.57. The Morgan fingerprint density at radius 1 is 1.00 bits per heavy atom. The molecule has 1 amide bonds. The number of fused-ring (bicyclic) bond motifs is 1. The summed E-state index contributed by atoms with van der Waals surface area (Å²) in [6.07, 6.45) is 4.94. The zero-order valence-electron chi connectivity index (χ0n) is 18.1. The Morgan fingerprint density at radius 3 is 2.39 bits per heavy atom. The van der Waals surface area contributed by atoms with Crippen LogP contribution in [-0.2, 0) is 4.79 Å². The summed E-state index contributed by atoms with van der Waals surface area (Å²) in [6.45, 7) is 1.82. The van der Waals surface area contributed by atoms with E-state index in [1.807, 2.05) is 59.5 Å². The number of aromatic nitrogens is 4. The zero-order valence-corrected chi connectivity index (χ0v) is 18.8. The van der Waals surface area contributed by atoms with Gasteiger partial charge in [-0.05, 0) is 55.7 Å². The Hall–Kier alpha value is -3.65. The number of nitrogens with zero attached hydrogens (tertiary/aromatic N) is 4. The van der Waals surface area contributed by atoms with Crippen LogP contribution in [0.2, 0.25) is 0 Å². The molecular weight excluding hydrogens is 440 g/mol. The molecule has 1 aliphatic rings. The van der Waals surface area contributed by atoms with Crippen LogP contribution < -0.4 is 10.5 Å². The van der Waals surface area contributed by atoms with Crippen LogP contribution in [0.5, 0.6) is 11.5 Å².